The number of aliphatic hydroxyl groups is 1. The molecular weight excluding hydrogens is 364 g/mol. The van der Waals surface area contributed by atoms with E-state index in [0.29, 0.717) is 16.7 Å². The van der Waals surface area contributed by atoms with Crippen LogP contribution in [0.5, 0.6) is 0 Å². The molecule has 0 aromatic carbocycles. The molecule has 4 aliphatic carbocycles. The molecule has 0 radical (unpaired) electrons. The molecule has 1 N–H and O–H groups in total. The summed E-state index contributed by atoms with van der Waals surface area (Å²) in [5.74, 6) is 5.15. The van der Waals surface area contributed by atoms with Gasteiger partial charge in [0, 0.05) is 0 Å². The molecule has 0 amide bonds. The molecule has 0 saturated heterocycles. The highest BCUT2D eigenvalue weighted by molar-refractivity contribution is 5.25. The van der Waals surface area contributed by atoms with Gasteiger partial charge in [0.2, 0.25) is 0 Å². The third-order valence-corrected chi connectivity index (χ3v) is 10.8. The standard InChI is InChI=1S/C29H48O/c1-7-21(19(2)3)9-8-20(4)25-12-13-26-24-11-10-22-18-23(30)14-16-28(22,5)27(24)15-17-29(25,26)6/h7,10,19-20,23-27,30H,8-9,11-18H2,1-6H3/b21-7+/t20-,23?,24?,25?,26?,27?,28?,29?/m0/s1. The van der Waals surface area contributed by atoms with Crippen LogP contribution in [-0.2, 0) is 0 Å². The molecule has 0 aromatic heterocycles. The summed E-state index contributed by atoms with van der Waals surface area (Å²) in [5, 5.41) is 10.2. The van der Waals surface area contributed by atoms with Crippen molar-refractivity contribution in [1.29, 1.82) is 0 Å². The molecule has 0 aromatic rings. The summed E-state index contributed by atoms with van der Waals surface area (Å²) >= 11 is 0. The van der Waals surface area contributed by atoms with E-state index in [1.165, 1.54) is 51.4 Å². The van der Waals surface area contributed by atoms with E-state index in [0.717, 1.165) is 42.4 Å². The van der Waals surface area contributed by atoms with E-state index in [2.05, 4.69) is 53.7 Å². The van der Waals surface area contributed by atoms with Crippen LogP contribution in [0, 0.1) is 46.3 Å². The zero-order chi connectivity index (χ0) is 21.7. The first-order valence-corrected chi connectivity index (χ1v) is 13.2. The minimum absolute atomic E-state index is 0.0839. The summed E-state index contributed by atoms with van der Waals surface area (Å²) in [4.78, 5) is 0. The van der Waals surface area contributed by atoms with Gasteiger partial charge in [0.05, 0.1) is 6.10 Å². The van der Waals surface area contributed by atoms with E-state index in [9.17, 15) is 5.11 Å². The minimum Gasteiger partial charge on any atom is -0.393 e. The van der Waals surface area contributed by atoms with Gasteiger partial charge in [0.25, 0.3) is 0 Å². The lowest BCUT2D eigenvalue weighted by Gasteiger charge is -2.58. The monoisotopic (exact) mass is 412 g/mol. The van der Waals surface area contributed by atoms with Crippen molar-refractivity contribution in [2.45, 2.75) is 112 Å². The number of aliphatic hydroxyl groups excluding tert-OH is 1. The molecule has 4 aliphatic rings. The van der Waals surface area contributed by atoms with E-state index in [1.54, 1.807) is 11.1 Å². The fourth-order valence-electron chi connectivity index (χ4n) is 8.98. The van der Waals surface area contributed by atoms with E-state index in [-0.39, 0.29) is 6.10 Å². The van der Waals surface area contributed by atoms with Gasteiger partial charge in [-0.2, -0.15) is 0 Å². The van der Waals surface area contributed by atoms with Gasteiger partial charge in [0.1, 0.15) is 0 Å². The number of hydrogen-bond donors (Lipinski definition) is 1. The van der Waals surface area contributed by atoms with Crippen LogP contribution < -0.4 is 0 Å². The Kier molecular flexibility index (Phi) is 6.35. The second-order valence-electron chi connectivity index (χ2n) is 12.4. The number of fused-ring (bicyclic) bond motifs is 5. The highest BCUT2D eigenvalue weighted by atomic mass is 16.3. The van der Waals surface area contributed by atoms with Crippen LogP contribution in [-0.4, -0.2) is 11.2 Å². The Hall–Kier alpha value is -0.560. The van der Waals surface area contributed by atoms with Crippen molar-refractivity contribution < 1.29 is 5.11 Å². The predicted octanol–water partition coefficient (Wildman–Crippen LogP) is 7.94. The Bertz CT molecular complexity index is 686. The van der Waals surface area contributed by atoms with Gasteiger partial charge in [-0.15, -0.1) is 0 Å². The smallest absolute Gasteiger partial charge is 0.0577 e. The van der Waals surface area contributed by atoms with Gasteiger partial charge in [0.15, 0.2) is 0 Å². The molecule has 0 heterocycles. The lowest BCUT2D eigenvalue weighted by atomic mass is 9.47. The summed E-state index contributed by atoms with van der Waals surface area (Å²) in [6.07, 6.45) is 17.8. The van der Waals surface area contributed by atoms with Crippen LogP contribution in [0.4, 0.5) is 0 Å². The average Bonchev–Trinajstić information content (AvgIpc) is 3.06. The summed E-state index contributed by atoms with van der Waals surface area (Å²) in [6.45, 7) is 14.7. The topological polar surface area (TPSA) is 20.2 Å². The van der Waals surface area contributed by atoms with Crippen molar-refractivity contribution in [3.63, 3.8) is 0 Å². The average molecular weight is 413 g/mol. The zero-order valence-corrected chi connectivity index (χ0v) is 20.7. The number of rotatable bonds is 5. The van der Waals surface area contributed by atoms with Gasteiger partial charge in [-0.05, 0) is 117 Å². The van der Waals surface area contributed by atoms with Crippen LogP contribution in [0.1, 0.15) is 106 Å². The quantitative estimate of drug-likeness (QED) is 0.454. The first-order valence-electron chi connectivity index (χ1n) is 13.2. The van der Waals surface area contributed by atoms with Crippen molar-refractivity contribution >= 4 is 0 Å². The SMILES string of the molecule is C/C=C(\CC[C@H](C)C1CCC2C3CC=C4CC(O)CCC4(C)C3CCC21C)C(C)C. The highest BCUT2D eigenvalue weighted by Gasteiger charge is 2.59. The summed E-state index contributed by atoms with van der Waals surface area (Å²) in [7, 11) is 0. The summed E-state index contributed by atoms with van der Waals surface area (Å²) in [6, 6.07) is 0. The lowest BCUT2D eigenvalue weighted by Crippen LogP contribution is -2.50. The maximum atomic E-state index is 10.2. The molecule has 4 rings (SSSR count). The molecule has 0 spiro atoms. The van der Waals surface area contributed by atoms with Gasteiger partial charge >= 0.3 is 0 Å². The van der Waals surface area contributed by atoms with Crippen LogP contribution >= 0.6 is 0 Å². The van der Waals surface area contributed by atoms with Crippen LogP contribution in [0.25, 0.3) is 0 Å². The molecule has 7 unspecified atom stereocenters. The van der Waals surface area contributed by atoms with Crippen molar-refractivity contribution in [1.82, 2.24) is 0 Å². The van der Waals surface area contributed by atoms with Crippen LogP contribution in [0.2, 0.25) is 0 Å². The van der Waals surface area contributed by atoms with Crippen molar-refractivity contribution in [3.05, 3.63) is 23.3 Å². The summed E-state index contributed by atoms with van der Waals surface area (Å²) in [5.41, 5.74) is 4.21. The molecule has 8 atom stereocenters. The molecule has 0 aliphatic heterocycles. The van der Waals surface area contributed by atoms with Crippen molar-refractivity contribution in [3.8, 4) is 0 Å². The van der Waals surface area contributed by atoms with Gasteiger partial charge in [-0.3, -0.25) is 0 Å². The van der Waals surface area contributed by atoms with Crippen LogP contribution in [0.3, 0.4) is 0 Å². The minimum atomic E-state index is -0.0839. The lowest BCUT2D eigenvalue weighted by molar-refractivity contribution is -0.0571. The van der Waals surface area contributed by atoms with Gasteiger partial charge in [-0.25, -0.2) is 0 Å². The molecular formula is C29H48O. The van der Waals surface area contributed by atoms with Crippen LogP contribution in [0.15, 0.2) is 23.3 Å². The Labute approximate surface area is 186 Å². The third-order valence-electron chi connectivity index (χ3n) is 10.8. The molecule has 1 heteroatoms. The van der Waals surface area contributed by atoms with E-state index < -0.39 is 0 Å². The van der Waals surface area contributed by atoms with Crippen molar-refractivity contribution in [2.24, 2.45) is 46.3 Å². The molecule has 1 nitrogen and oxygen atoms in total. The maximum Gasteiger partial charge on any atom is 0.0577 e. The number of hydrogen-bond acceptors (Lipinski definition) is 1. The first kappa shape index (κ1) is 22.6. The third kappa shape index (κ3) is 3.66. The number of allylic oxidation sites excluding steroid dienone is 3. The predicted molar refractivity (Wildman–Crippen MR) is 128 cm³/mol. The molecule has 30 heavy (non-hydrogen) atoms. The summed E-state index contributed by atoms with van der Waals surface area (Å²) < 4.78 is 0. The zero-order valence-electron chi connectivity index (χ0n) is 20.7. The fourth-order valence-corrected chi connectivity index (χ4v) is 8.98. The Balaban J connectivity index is 1.49. The van der Waals surface area contributed by atoms with Gasteiger partial charge in [-0.1, -0.05) is 57.9 Å². The fraction of sp³-hybridized carbons (Fsp3) is 0.862. The Morgan fingerprint density at radius 2 is 1.87 bits per heavy atom. The normalized spacial score (nSPS) is 44.9. The largest absolute Gasteiger partial charge is 0.393 e. The maximum absolute atomic E-state index is 10.2. The second kappa shape index (κ2) is 8.42. The molecule has 0 bridgehead atoms. The molecule has 3 saturated carbocycles. The Morgan fingerprint density at radius 1 is 1.10 bits per heavy atom. The van der Waals surface area contributed by atoms with E-state index in [4.69, 9.17) is 0 Å². The molecule has 3 fully saturated rings. The second-order valence-corrected chi connectivity index (χ2v) is 12.4. The molecule has 170 valence electrons. The van der Waals surface area contributed by atoms with E-state index in [1.807, 2.05) is 0 Å². The highest BCUT2D eigenvalue weighted by Crippen LogP contribution is 2.67. The van der Waals surface area contributed by atoms with E-state index >= 15 is 0 Å². The van der Waals surface area contributed by atoms with Gasteiger partial charge < -0.3 is 5.11 Å². The Morgan fingerprint density at radius 3 is 2.57 bits per heavy atom. The first-order chi connectivity index (χ1) is 14.2. The van der Waals surface area contributed by atoms with Crippen molar-refractivity contribution in [2.75, 3.05) is 0 Å².